The number of rotatable bonds is 5. The summed E-state index contributed by atoms with van der Waals surface area (Å²) in [6.45, 7) is 4.07. The fourth-order valence-corrected chi connectivity index (χ4v) is 3.16. The Morgan fingerprint density at radius 1 is 1.36 bits per heavy atom. The first kappa shape index (κ1) is 20.0. The van der Waals surface area contributed by atoms with Gasteiger partial charge in [-0.1, -0.05) is 11.6 Å². The average molecular weight is 405 g/mol. The number of carbonyl (C=O) groups excluding carboxylic acids is 1. The number of aromatic nitrogens is 2. The van der Waals surface area contributed by atoms with Crippen molar-refractivity contribution in [3.05, 3.63) is 41.7 Å². The topological polar surface area (TPSA) is 75.0 Å². The number of halogens is 1. The van der Waals surface area contributed by atoms with Crippen molar-refractivity contribution in [2.24, 2.45) is 12.0 Å². The minimum Gasteiger partial charge on any atom is -0.489 e. The second-order valence-corrected chi connectivity index (χ2v) is 7.09. The predicted octanol–water partition coefficient (Wildman–Crippen LogP) is 1.77. The maximum absolute atomic E-state index is 12.6. The Hall–Kier alpha value is -2.74. The molecule has 1 aliphatic heterocycles. The SMILES string of the molecule is CN=C(NCC(C)Oc1ccc(Cl)cc1)N1CCN(c2cnn(C)c2)C(=O)C1. The Bertz CT molecular complexity index is 835. The molecule has 9 heteroatoms. The lowest BCUT2D eigenvalue weighted by Crippen LogP contribution is -2.56. The van der Waals surface area contributed by atoms with E-state index in [0.717, 1.165) is 11.4 Å². The quantitative estimate of drug-likeness (QED) is 0.607. The number of carbonyl (C=O) groups is 1. The van der Waals surface area contributed by atoms with E-state index in [9.17, 15) is 4.79 Å². The Morgan fingerprint density at radius 2 is 2.11 bits per heavy atom. The molecule has 1 fully saturated rings. The summed E-state index contributed by atoms with van der Waals surface area (Å²) in [7, 11) is 3.55. The third-order valence-electron chi connectivity index (χ3n) is 4.43. The molecule has 1 unspecified atom stereocenters. The van der Waals surface area contributed by atoms with Crippen LogP contribution in [-0.4, -0.2) is 65.9 Å². The summed E-state index contributed by atoms with van der Waals surface area (Å²) in [5.74, 6) is 1.47. The predicted molar refractivity (Wildman–Crippen MR) is 110 cm³/mol. The summed E-state index contributed by atoms with van der Waals surface area (Å²) >= 11 is 5.89. The second-order valence-electron chi connectivity index (χ2n) is 6.65. The lowest BCUT2D eigenvalue weighted by atomic mass is 10.3. The molecule has 1 saturated heterocycles. The van der Waals surface area contributed by atoms with Gasteiger partial charge in [-0.2, -0.15) is 5.10 Å². The molecule has 3 rings (SSSR count). The minimum absolute atomic E-state index is 0.0210. The third kappa shape index (κ3) is 4.95. The van der Waals surface area contributed by atoms with Crippen LogP contribution in [0.25, 0.3) is 0 Å². The standard InChI is InChI=1S/C19H25ClN6O2/c1-14(28-17-6-4-15(20)5-7-17)10-22-19(21-2)25-8-9-26(18(27)13-25)16-11-23-24(3)12-16/h4-7,11-12,14H,8-10,13H2,1-3H3,(H,21,22). The molecule has 2 aromatic rings. The van der Waals surface area contributed by atoms with Gasteiger partial charge in [-0.3, -0.25) is 14.5 Å². The van der Waals surface area contributed by atoms with Crippen molar-refractivity contribution in [1.82, 2.24) is 20.0 Å². The summed E-state index contributed by atoms with van der Waals surface area (Å²) in [5, 5.41) is 8.10. The highest BCUT2D eigenvalue weighted by Crippen LogP contribution is 2.17. The van der Waals surface area contributed by atoms with Crippen molar-refractivity contribution >= 4 is 29.2 Å². The van der Waals surface area contributed by atoms with Crippen LogP contribution < -0.4 is 15.0 Å². The molecule has 0 radical (unpaired) electrons. The summed E-state index contributed by atoms with van der Waals surface area (Å²) in [5.41, 5.74) is 0.820. The van der Waals surface area contributed by atoms with Crippen LogP contribution in [-0.2, 0) is 11.8 Å². The van der Waals surface area contributed by atoms with E-state index in [-0.39, 0.29) is 18.6 Å². The molecular formula is C19H25ClN6O2. The molecule has 1 aromatic carbocycles. The van der Waals surface area contributed by atoms with Gasteiger partial charge in [0.15, 0.2) is 5.96 Å². The van der Waals surface area contributed by atoms with E-state index in [1.165, 1.54) is 0 Å². The third-order valence-corrected chi connectivity index (χ3v) is 4.69. The van der Waals surface area contributed by atoms with E-state index in [1.54, 1.807) is 35.0 Å². The summed E-state index contributed by atoms with van der Waals surface area (Å²) in [6, 6.07) is 7.26. The van der Waals surface area contributed by atoms with Crippen LogP contribution in [0.4, 0.5) is 5.69 Å². The largest absolute Gasteiger partial charge is 0.489 e. The van der Waals surface area contributed by atoms with E-state index in [2.05, 4.69) is 15.4 Å². The van der Waals surface area contributed by atoms with Gasteiger partial charge < -0.3 is 19.9 Å². The molecule has 1 amide bonds. The van der Waals surface area contributed by atoms with Crippen LogP contribution in [0.2, 0.25) is 5.02 Å². The maximum atomic E-state index is 12.6. The van der Waals surface area contributed by atoms with Gasteiger partial charge in [-0.15, -0.1) is 0 Å². The number of hydrogen-bond acceptors (Lipinski definition) is 4. The van der Waals surface area contributed by atoms with E-state index >= 15 is 0 Å². The fourth-order valence-electron chi connectivity index (χ4n) is 3.03. The van der Waals surface area contributed by atoms with Crippen LogP contribution in [0.3, 0.4) is 0 Å². The van der Waals surface area contributed by atoms with Crippen molar-refractivity contribution in [2.75, 3.05) is 38.1 Å². The molecule has 1 aliphatic rings. The Labute approximate surface area is 169 Å². The number of amides is 1. The van der Waals surface area contributed by atoms with Crippen LogP contribution in [0.5, 0.6) is 5.75 Å². The number of guanidine groups is 1. The van der Waals surface area contributed by atoms with Gasteiger partial charge in [-0.05, 0) is 31.2 Å². The number of aryl methyl sites for hydroxylation is 1. The van der Waals surface area contributed by atoms with Gasteiger partial charge in [0.1, 0.15) is 18.4 Å². The lowest BCUT2D eigenvalue weighted by Gasteiger charge is -2.35. The molecule has 0 aliphatic carbocycles. The molecular weight excluding hydrogens is 380 g/mol. The molecule has 2 heterocycles. The molecule has 0 bridgehead atoms. The van der Waals surface area contributed by atoms with Crippen molar-refractivity contribution in [1.29, 1.82) is 0 Å². The van der Waals surface area contributed by atoms with Crippen LogP contribution in [0, 0.1) is 0 Å². The number of ether oxygens (including phenoxy) is 1. The highest BCUT2D eigenvalue weighted by molar-refractivity contribution is 6.30. The molecule has 1 N–H and O–H groups in total. The molecule has 0 saturated carbocycles. The zero-order chi connectivity index (χ0) is 20.1. The van der Waals surface area contributed by atoms with Gasteiger partial charge in [0.05, 0.1) is 18.4 Å². The van der Waals surface area contributed by atoms with Crippen molar-refractivity contribution in [3.8, 4) is 5.75 Å². The lowest BCUT2D eigenvalue weighted by molar-refractivity contribution is -0.120. The normalized spacial score (nSPS) is 16.3. The Kier molecular flexibility index (Phi) is 6.41. The monoisotopic (exact) mass is 404 g/mol. The molecule has 1 atom stereocenters. The zero-order valence-electron chi connectivity index (χ0n) is 16.3. The number of nitrogens with zero attached hydrogens (tertiary/aromatic N) is 5. The number of benzene rings is 1. The van der Waals surface area contributed by atoms with E-state index in [4.69, 9.17) is 16.3 Å². The molecule has 150 valence electrons. The van der Waals surface area contributed by atoms with Crippen molar-refractivity contribution in [2.45, 2.75) is 13.0 Å². The fraction of sp³-hybridized carbons (Fsp3) is 0.421. The first-order valence-electron chi connectivity index (χ1n) is 9.13. The van der Waals surface area contributed by atoms with E-state index in [0.29, 0.717) is 30.6 Å². The Morgan fingerprint density at radius 3 is 2.71 bits per heavy atom. The number of hydrogen-bond donors (Lipinski definition) is 1. The summed E-state index contributed by atoms with van der Waals surface area (Å²) in [6.07, 6.45) is 3.47. The number of nitrogens with one attached hydrogen (secondary N) is 1. The van der Waals surface area contributed by atoms with Gasteiger partial charge in [0.2, 0.25) is 5.91 Å². The number of anilines is 1. The average Bonchev–Trinajstić information content (AvgIpc) is 3.10. The van der Waals surface area contributed by atoms with Gasteiger partial charge in [0.25, 0.3) is 0 Å². The van der Waals surface area contributed by atoms with Crippen LogP contribution >= 0.6 is 11.6 Å². The van der Waals surface area contributed by atoms with Gasteiger partial charge in [-0.25, -0.2) is 0 Å². The summed E-state index contributed by atoms with van der Waals surface area (Å²) < 4.78 is 7.56. The smallest absolute Gasteiger partial charge is 0.246 e. The minimum atomic E-state index is -0.0784. The first-order valence-corrected chi connectivity index (χ1v) is 9.51. The zero-order valence-corrected chi connectivity index (χ0v) is 17.1. The number of aliphatic imine (C=N–C) groups is 1. The molecule has 1 aromatic heterocycles. The van der Waals surface area contributed by atoms with Crippen LogP contribution in [0.15, 0.2) is 41.7 Å². The van der Waals surface area contributed by atoms with E-state index < -0.39 is 0 Å². The van der Waals surface area contributed by atoms with E-state index in [1.807, 2.05) is 37.2 Å². The van der Waals surface area contributed by atoms with Crippen molar-refractivity contribution in [3.63, 3.8) is 0 Å². The van der Waals surface area contributed by atoms with Gasteiger partial charge >= 0.3 is 0 Å². The maximum Gasteiger partial charge on any atom is 0.246 e. The molecule has 28 heavy (non-hydrogen) atoms. The molecule has 8 nitrogen and oxygen atoms in total. The number of piperazine rings is 1. The highest BCUT2D eigenvalue weighted by Gasteiger charge is 2.27. The van der Waals surface area contributed by atoms with Crippen LogP contribution in [0.1, 0.15) is 6.92 Å². The van der Waals surface area contributed by atoms with Crippen molar-refractivity contribution < 1.29 is 9.53 Å². The summed E-state index contributed by atoms with van der Waals surface area (Å²) in [4.78, 5) is 20.6. The molecule has 0 spiro atoms. The first-order chi connectivity index (χ1) is 13.5. The van der Waals surface area contributed by atoms with Gasteiger partial charge in [0, 0.05) is 38.4 Å². The Balaban J connectivity index is 1.51. The highest BCUT2D eigenvalue weighted by atomic mass is 35.5. The second kappa shape index (κ2) is 8.97.